The first-order valence-electron chi connectivity index (χ1n) is 9.13. The number of fused-ring (bicyclic) bond motifs is 2. The monoisotopic (exact) mass is 514 g/mol. The van der Waals surface area contributed by atoms with E-state index in [4.69, 9.17) is 10.2 Å². The van der Waals surface area contributed by atoms with Gasteiger partial charge in [0.15, 0.2) is 22.9 Å². The van der Waals surface area contributed by atoms with Crippen LogP contribution in [0.1, 0.15) is 0 Å². The first-order valence-corrected chi connectivity index (χ1v) is 12.1. The third kappa shape index (κ3) is 4.43. The minimum atomic E-state index is -4.66. The lowest BCUT2D eigenvalue weighted by Crippen LogP contribution is -2.47. The van der Waals surface area contributed by atoms with Crippen molar-refractivity contribution in [1.29, 1.82) is 0 Å². The molecule has 0 fully saturated rings. The van der Waals surface area contributed by atoms with E-state index in [-0.39, 0.29) is 21.2 Å². The number of amides is 1. The molecule has 0 radical (unpaired) electrons. The molecule has 1 aliphatic heterocycles. The number of rotatable bonds is 6. The smallest absolute Gasteiger partial charge is 0.423 e. The summed E-state index contributed by atoms with van der Waals surface area (Å²) in [6, 6.07) is 5.38. The number of hydrogen-bond acceptors (Lipinski definition) is 12. The predicted octanol–water partition coefficient (Wildman–Crippen LogP) is -0.584. The Morgan fingerprint density at radius 3 is 2.41 bits per heavy atom. The molecule has 3 N–H and O–H groups in total. The highest BCUT2D eigenvalue weighted by Gasteiger charge is 2.33. The number of nitrogens with one attached hydrogen (secondary N) is 1. The van der Waals surface area contributed by atoms with Crippen LogP contribution in [-0.2, 0) is 34.3 Å². The molecule has 1 aromatic rings. The zero-order valence-corrected chi connectivity index (χ0v) is 19.5. The van der Waals surface area contributed by atoms with E-state index in [2.05, 4.69) is 14.5 Å². The third-order valence-corrected chi connectivity index (χ3v) is 7.73. The van der Waals surface area contributed by atoms with Gasteiger partial charge >= 0.3 is 12.1 Å². The van der Waals surface area contributed by atoms with Crippen molar-refractivity contribution < 1.29 is 40.3 Å². The maximum absolute atomic E-state index is 13.0. The summed E-state index contributed by atoms with van der Waals surface area (Å²) in [5, 5.41) is 0. The van der Waals surface area contributed by atoms with Crippen molar-refractivity contribution in [1.82, 2.24) is 14.0 Å². The number of methoxy groups -OCH3 is 2. The van der Waals surface area contributed by atoms with Crippen LogP contribution in [-0.4, -0.2) is 65.6 Å². The molecule has 1 unspecified atom stereocenters. The summed E-state index contributed by atoms with van der Waals surface area (Å²) in [4.78, 5) is 38.4. The number of carbonyl (C=O) groups is 2. The Balaban J connectivity index is 2.31. The second kappa shape index (κ2) is 8.98. The molecule has 34 heavy (non-hydrogen) atoms. The van der Waals surface area contributed by atoms with E-state index in [9.17, 15) is 31.2 Å². The van der Waals surface area contributed by atoms with Crippen LogP contribution in [0.5, 0.6) is 0 Å². The average Bonchev–Trinajstić information content (AvgIpc) is 2.79. The fraction of sp³-hybridized carbons (Fsp3) is 0.222. The molecule has 0 saturated carbocycles. The predicted molar refractivity (Wildman–Crippen MR) is 115 cm³/mol. The van der Waals surface area contributed by atoms with Crippen LogP contribution >= 0.6 is 0 Å². The molecule has 1 amide bonds. The normalized spacial score (nSPS) is 12.9. The second-order valence-electron chi connectivity index (χ2n) is 6.65. The fourth-order valence-electron chi connectivity index (χ4n) is 2.86. The van der Waals surface area contributed by atoms with Crippen LogP contribution in [0.25, 0.3) is 22.6 Å². The highest BCUT2D eigenvalue weighted by Crippen LogP contribution is 2.32. The Morgan fingerprint density at radius 2 is 1.79 bits per heavy atom. The number of sulfonamides is 2. The molecule has 0 spiro atoms. The van der Waals surface area contributed by atoms with Crippen molar-refractivity contribution in [2.24, 2.45) is 5.73 Å². The Kier molecular flexibility index (Phi) is 6.61. The lowest BCUT2D eigenvalue weighted by molar-refractivity contribution is -0.142. The molecule has 0 saturated heterocycles. The standard InChI is InChI=1S/C18H18N4O10S2/c1-22(18(25)31-3)34(28,29)13-8-9(23)7-11-15(13)20-14-10(32-11)5-4-6-12(14)33(26,27)21-16(19)17(24)30-2/h4-8,16,21H,19H2,1-3H3. The van der Waals surface area contributed by atoms with Gasteiger partial charge in [0.1, 0.15) is 21.0 Å². The van der Waals surface area contributed by atoms with Gasteiger partial charge < -0.3 is 19.6 Å². The van der Waals surface area contributed by atoms with Crippen LogP contribution in [0.3, 0.4) is 0 Å². The number of aromatic nitrogens is 1. The summed E-state index contributed by atoms with van der Waals surface area (Å²) in [7, 11) is -6.28. The summed E-state index contributed by atoms with van der Waals surface area (Å²) in [6.45, 7) is 0. The van der Waals surface area contributed by atoms with E-state index in [1.807, 2.05) is 4.72 Å². The molecule has 0 bridgehead atoms. The number of esters is 1. The highest BCUT2D eigenvalue weighted by molar-refractivity contribution is 7.90. The van der Waals surface area contributed by atoms with Gasteiger partial charge in [-0.3, -0.25) is 4.79 Å². The molecular weight excluding hydrogens is 496 g/mol. The zero-order chi connectivity index (χ0) is 25.4. The van der Waals surface area contributed by atoms with Crippen molar-refractivity contribution in [3.05, 3.63) is 40.6 Å². The molecule has 1 heterocycles. The first kappa shape index (κ1) is 25.0. The summed E-state index contributed by atoms with van der Waals surface area (Å²) in [5.74, 6) is -1.35. The van der Waals surface area contributed by atoms with Crippen molar-refractivity contribution in [2.45, 2.75) is 16.0 Å². The van der Waals surface area contributed by atoms with E-state index in [1.54, 1.807) is 0 Å². The summed E-state index contributed by atoms with van der Waals surface area (Å²) in [5.41, 5.74) is 3.82. The van der Waals surface area contributed by atoms with E-state index in [1.165, 1.54) is 12.1 Å². The molecule has 0 aromatic heterocycles. The van der Waals surface area contributed by atoms with Gasteiger partial charge in [0, 0.05) is 19.2 Å². The molecule has 16 heteroatoms. The van der Waals surface area contributed by atoms with Gasteiger partial charge in [0.05, 0.1) is 14.2 Å². The highest BCUT2D eigenvalue weighted by atomic mass is 32.2. The van der Waals surface area contributed by atoms with E-state index >= 15 is 0 Å². The van der Waals surface area contributed by atoms with Crippen molar-refractivity contribution >= 4 is 43.2 Å². The molecule has 182 valence electrons. The lowest BCUT2D eigenvalue weighted by atomic mass is 10.2. The van der Waals surface area contributed by atoms with Crippen LogP contribution in [0, 0.1) is 0 Å². The maximum Gasteiger partial charge on any atom is 0.423 e. The van der Waals surface area contributed by atoms with Gasteiger partial charge in [-0.15, -0.1) is 0 Å². The summed E-state index contributed by atoms with van der Waals surface area (Å²) >= 11 is 0. The van der Waals surface area contributed by atoms with Gasteiger partial charge in [0.25, 0.3) is 10.0 Å². The Labute approximate surface area is 192 Å². The number of nitrogens with zero attached hydrogens (tertiary/aromatic N) is 2. The Morgan fingerprint density at radius 1 is 1.12 bits per heavy atom. The van der Waals surface area contributed by atoms with Crippen LogP contribution < -0.4 is 15.9 Å². The number of ether oxygens (including phenoxy) is 2. The van der Waals surface area contributed by atoms with Crippen molar-refractivity contribution in [3.63, 3.8) is 0 Å². The molecular formula is C18H18N4O10S2. The van der Waals surface area contributed by atoms with Crippen molar-refractivity contribution in [3.8, 4) is 11.5 Å². The molecule has 2 aliphatic rings. The van der Waals surface area contributed by atoms with Gasteiger partial charge in [0.2, 0.25) is 10.0 Å². The van der Waals surface area contributed by atoms with E-state index in [0.29, 0.717) is 6.07 Å². The van der Waals surface area contributed by atoms with Gasteiger partial charge in [-0.1, -0.05) is 6.07 Å². The second-order valence-corrected chi connectivity index (χ2v) is 10.3. The SMILES string of the molecule is COC(=O)C(N)NS(=O)(=O)c1cccc2oc3cc(=O)cc(S(=O)(=O)N(C)C(=O)OC)c-3nc12. The van der Waals surface area contributed by atoms with E-state index < -0.39 is 59.2 Å². The number of nitrogens with two attached hydrogens (primary N) is 1. The largest absolute Gasteiger partial charge is 0.467 e. The lowest BCUT2D eigenvalue weighted by Gasteiger charge is -2.18. The Bertz CT molecular complexity index is 1530. The van der Waals surface area contributed by atoms with Crippen LogP contribution in [0.4, 0.5) is 4.79 Å². The summed E-state index contributed by atoms with van der Waals surface area (Å²) < 4.78 is 68.2. The van der Waals surface area contributed by atoms with Crippen LogP contribution in [0.15, 0.2) is 49.3 Å². The molecule has 1 aromatic carbocycles. The number of hydrogen-bond donors (Lipinski definition) is 2. The van der Waals surface area contributed by atoms with Crippen molar-refractivity contribution in [2.75, 3.05) is 21.3 Å². The number of carbonyl (C=O) groups excluding carboxylic acids is 2. The van der Waals surface area contributed by atoms with Gasteiger partial charge in [-0.05, 0) is 12.1 Å². The minimum absolute atomic E-state index is 0.128. The van der Waals surface area contributed by atoms with E-state index in [0.717, 1.165) is 33.4 Å². The molecule has 3 rings (SSSR count). The topological polar surface area (TPSA) is 205 Å². The number of para-hydroxylation sites is 1. The van der Waals surface area contributed by atoms with Gasteiger partial charge in [-0.25, -0.2) is 35.7 Å². The molecule has 1 aliphatic carbocycles. The van der Waals surface area contributed by atoms with Crippen LogP contribution in [0.2, 0.25) is 0 Å². The molecule has 14 nitrogen and oxygen atoms in total. The number of benzene rings is 2. The summed E-state index contributed by atoms with van der Waals surface area (Å²) in [6.07, 6.45) is -2.98. The Hall–Kier alpha value is -3.60. The maximum atomic E-state index is 13.0. The average molecular weight is 514 g/mol. The quantitative estimate of drug-likeness (QED) is 0.241. The third-order valence-electron chi connectivity index (χ3n) is 4.52. The first-order chi connectivity index (χ1) is 15.8. The zero-order valence-electron chi connectivity index (χ0n) is 17.8. The minimum Gasteiger partial charge on any atom is -0.467 e. The van der Waals surface area contributed by atoms with Gasteiger partial charge in [-0.2, -0.15) is 4.72 Å². The molecule has 1 atom stereocenters. The fourth-order valence-corrected chi connectivity index (χ4v) is 5.30.